The molecule has 4 nitrogen and oxygen atoms in total. The van der Waals surface area contributed by atoms with E-state index in [4.69, 9.17) is 0 Å². The van der Waals surface area contributed by atoms with Crippen molar-refractivity contribution in [2.75, 3.05) is 7.05 Å². The number of carbonyl (C=O) groups excluding carboxylic acids is 1. The highest BCUT2D eigenvalue weighted by molar-refractivity contribution is 5.92. The molecule has 22 heavy (non-hydrogen) atoms. The number of carbonyl (C=O) groups is 1. The van der Waals surface area contributed by atoms with Crippen LogP contribution in [-0.2, 0) is 0 Å². The van der Waals surface area contributed by atoms with Crippen LogP contribution in [0, 0.1) is 6.92 Å². The molecule has 1 aromatic heterocycles. The van der Waals surface area contributed by atoms with Crippen LogP contribution in [0.4, 0.5) is 13.2 Å². The van der Waals surface area contributed by atoms with E-state index in [1.165, 1.54) is 30.3 Å². The van der Waals surface area contributed by atoms with Gasteiger partial charge in [-0.05, 0) is 18.6 Å². The minimum Gasteiger partial charge on any atom is -0.324 e. The van der Waals surface area contributed by atoms with Crippen LogP contribution in [0.25, 0.3) is 0 Å². The van der Waals surface area contributed by atoms with Gasteiger partial charge in [0.05, 0.1) is 0 Å². The molecule has 0 aliphatic heterocycles. The monoisotopic (exact) mass is 309 g/mol. The molecule has 0 aliphatic rings. The van der Waals surface area contributed by atoms with Gasteiger partial charge in [-0.25, -0.2) is 9.97 Å². The van der Waals surface area contributed by atoms with Crippen LogP contribution >= 0.6 is 0 Å². The first-order chi connectivity index (χ1) is 10.3. The second kappa shape index (κ2) is 6.13. The van der Waals surface area contributed by atoms with Gasteiger partial charge in [-0.15, -0.1) is 0 Å². The van der Waals surface area contributed by atoms with Crippen LogP contribution in [0.2, 0.25) is 0 Å². The molecule has 2 rings (SSSR count). The first kappa shape index (κ1) is 15.9. The van der Waals surface area contributed by atoms with Crippen molar-refractivity contribution >= 4 is 5.91 Å². The number of alkyl halides is 3. The van der Waals surface area contributed by atoms with Gasteiger partial charge in [-0.2, -0.15) is 13.2 Å². The fourth-order valence-electron chi connectivity index (χ4n) is 2.14. The van der Waals surface area contributed by atoms with Gasteiger partial charge < -0.3 is 4.90 Å². The number of rotatable bonds is 3. The van der Waals surface area contributed by atoms with E-state index in [-0.39, 0.29) is 11.3 Å². The molecule has 1 amide bonds. The van der Waals surface area contributed by atoms with Crippen molar-refractivity contribution in [3.63, 3.8) is 0 Å². The third-order valence-corrected chi connectivity index (χ3v) is 3.16. The predicted octanol–water partition coefficient (Wildman–Crippen LogP) is 3.16. The molecule has 0 N–H and O–H groups in total. The van der Waals surface area contributed by atoms with Crippen LogP contribution in [0.3, 0.4) is 0 Å². The van der Waals surface area contributed by atoms with Crippen molar-refractivity contribution in [3.8, 4) is 0 Å². The van der Waals surface area contributed by atoms with Gasteiger partial charge >= 0.3 is 6.18 Å². The van der Waals surface area contributed by atoms with E-state index in [0.29, 0.717) is 10.6 Å². The summed E-state index contributed by atoms with van der Waals surface area (Å²) in [5, 5.41) is 0. The maximum atomic E-state index is 13.4. The first-order valence-corrected chi connectivity index (χ1v) is 6.48. The number of halogens is 3. The van der Waals surface area contributed by atoms with Gasteiger partial charge in [-0.1, -0.05) is 30.3 Å². The smallest absolute Gasteiger partial charge is 0.324 e. The van der Waals surface area contributed by atoms with Crippen LogP contribution in [0.1, 0.15) is 27.8 Å². The SMILES string of the molecule is Cc1cc(C(=O)N(C)[C@@H](c2ccccc2)C(F)(F)F)ncn1. The molecule has 0 spiro atoms. The first-order valence-electron chi connectivity index (χ1n) is 6.48. The molecule has 0 fully saturated rings. The number of amides is 1. The van der Waals surface area contributed by atoms with E-state index in [1.54, 1.807) is 13.0 Å². The molecule has 0 aliphatic carbocycles. The van der Waals surface area contributed by atoms with Gasteiger partial charge in [0.1, 0.15) is 12.0 Å². The molecule has 0 bridgehead atoms. The van der Waals surface area contributed by atoms with Gasteiger partial charge in [0, 0.05) is 12.7 Å². The summed E-state index contributed by atoms with van der Waals surface area (Å²) in [4.78, 5) is 20.5. The number of aryl methyl sites for hydroxylation is 1. The summed E-state index contributed by atoms with van der Waals surface area (Å²) < 4.78 is 40.2. The Kier molecular flexibility index (Phi) is 4.44. The highest BCUT2D eigenvalue weighted by atomic mass is 19.4. The molecule has 116 valence electrons. The third-order valence-electron chi connectivity index (χ3n) is 3.16. The summed E-state index contributed by atoms with van der Waals surface area (Å²) >= 11 is 0. The Hall–Kier alpha value is -2.44. The Bertz CT molecular complexity index is 659. The second-order valence-electron chi connectivity index (χ2n) is 4.82. The fourth-order valence-corrected chi connectivity index (χ4v) is 2.14. The maximum absolute atomic E-state index is 13.4. The molecule has 1 atom stereocenters. The third kappa shape index (κ3) is 3.41. The zero-order valence-corrected chi connectivity index (χ0v) is 12.0. The fraction of sp³-hybridized carbons (Fsp3) is 0.267. The van der Waals surface area contributed by atoms with Crippen molar-refractivity contribution in [3.05, 3.63) is 59.7 Å². The number of hydrogen-bond acceptors (Lipinski definition) is 3. The Morgan fingerprint density at radius 3 is 2.36 bits per heavy atom. The number of nitrogens with zero attached hydrogens (tertiary/aromatic N) is 3. The lowest BCUT2D eigenvalue weighted by molar-refractivity contribution is -0.176. The minimum absolute atomic E-state index is 0.00312. The predicted molar refractivity (Wildman–Crippen MR) is 74.1 cm³/mol. The molecule has 0 unspecified atom stereocenters. The van der Waals surface area contributed by atoms with Gasteiger partial charge in [0.2, 0.25) is 0 Å². The molecule has 2 aromatic rings. The quantitative estimate of drug-likeness (QED) is 0.875. The van der Waals surface area contributed by atoms with Crippen LogP contribution in [0.15, 0.2) is 42.7 Å². The molecule has 1 heterocycles. The second-order valence-corrected chi connectivity index (χ2v) is 4.82. The van der Waals surface area contributed by atoms with E-state index in [9.17, 15) is 18.0 Å². The highest BCUT2D eigenvalue weighted by Gasteiger charge is 2.45. The van der Waals surface area contributed by atoms with E-state index >= 15 is 0 Å². The van der Waals surface area contributed by atoms with Crippen molar-refractivity contribution in [1.82, 2.24) is 14.9 Å². The average molecular weight is 309 g/mol. The maximum Gasteiger partial charge on any atom is 0.413 e. The largest absolute Gasteiger partial charge is 0.413 e. The zero-order valence-electron chi connectivity index (χ0n) is 12.0. The van der Waals surface area contributed by atoms with Gasteiger partial charge in [-0.3, -0.25) is 4.79 Å². The van der Waals surface area contributed by atoms with E-state index in [0.717, 1.165) is 13.4 Å². The molecule has 0 radical (unpaired) electrons. The zero-order chi connectivity index (χ0) is 16.3. The Balaban J connectivity index is 2.38. The molecule has 7 heteroatoms. The average Bonchev–Trinajstić information content (AvgIpc) is 2.46. The summed E-state index contributed by atoms with van der Waals surface area (Å²) in [5.74, 6) is -0.809. The van der Waals surface area contributed by atoms with Gasteiger partial charge in [0.25, 0.3) is 5.91 Å². The van der Waals surface area contributed by atoms with E-state index in [1.807, 2.05) is 0 Å². The summed E-state index contributed by atoms with van der Waals surface area (Å²) in [6, 6.07) is 6.63. The summed E-state index contributed by atoms with van der Waals surface area (Å²) in [6.45, 7) is 1.64. The molecule has 0 saturated carbocycles. The Morgan fingerprint density at radius 2 is 1.82 bits per heavy atom. The standard InChI is InChI=1S/C15H14F3N3O/c1-10-8-12(20-9-19-10)14(22)21(2)13(15(16,17)18)11-6-4-3-5-7-11/h3-9,13H,1-2H3/t13-/m0/s1. The van der Waals surface area contributed by atoms with Crippen molar-refractivity contribution in [2.45, 2.75) is 19.1 Å². The normalized spacial score (nSPS) is 12.8. The lowest BCUT2D eigenvalue weighted by atomic mass is 10.0. The Morgan fingerprint density at radius 1 is 1.18 bits per heavy atom. The summed E-state index contributed by atoms with van der Waals surface area (Å²) in [6.07, 6.45) is -3.44. The highest BCUT2D eigenvalue weighted by Crippen LogP contribution is 2.37. The van der Waals surface area contributed by atoms with Gasteiger partial charge in [0.15, 0.2) is 6.04 Å². The lowest BCUT2D eigenvalue weighted by Crippen LogP contribution is -2.40. The number of benzene rings is 1. The molecule has 1 aromatic carbocycles. The van der Waals surface area contributed by atoms with Crippen LogP contribution in [0.5, 0.6) is 0 Å². The Labute approximate surface area is 125 Å². The van der Waals surface area contributed by atoms with Crippen molar-refractivity contribution in [1.29, 1.82) is 0 Å². The van der Waals surface area contributed by atoms with E-state index < -0.39 is 18.1 Å². The molecule has 0 saturated heterocycles. The topological polar surface area (TPSA) is 46.1 Å². The van der Waals surface area contributed by atoms with E-state index in [2.05, 4.69) is 9.97 Å². The number of hydrogen-bond donors (Lipinski definition) is 0. The summed E-state index contributed by atoms with van der Waals surface area (Å²) in [7, 11) is 1.12. The lowest BCUT2D eigenvalue weighted by Gasteiger charge is -2.30. The van der Waals surface area contributed by atoms with Crippen LogP contribution in [-0.4, -0.2) is 34.0 Å². The van der Waals surface area contributed by atoms with Crippen molar-refractivity contribution < 1.29 is 18.0 Å². The summed E-state index contributed by atoms with van der Waals surface area (Å²) in [5.41, 5.74) is 0.437. The minimum atomic E-state index is -4.59. The van der Waals surface area contributed by atoms with Crippen molar-refractivity contribution in [2.24, 2.45) is 0 Å². The van der Waals surface area contributed by atoms with Crippen LogP contribution < -0.4 is 0 Å². The molecular formula is C15H14F3N3O. The molecular weight excluding hydrogens is 295 g/mol. The number of aromatic nitrogens is 2.